The maximum absolute atomic E-state index is 6.26. The summed E-state index contributed by atoms with van der Waals surface area (Å²) in [6.45, 7) is 0. The summed E-state index contributed by atoms with van der Waals surface area (Å²) in [6, 6.07) is 12.2. The van der Waals surface area contributed by atoms with E-state index in [-0.39, 0.29) is 6.10 Å². The smallest absolute Gasteiger partial charge is 0.142 e. The average molecular weight is 291 g/mol. The molecule has 0 amide bonds. The standard InChI is InChI=1S/C16H12Cl2O/c17-12-7-11-6-10-5-9-3-1-2-4-13(9)15(10)19-16(11)14(18)8-12/h1-4,7-8,10,15H,5-6H2/t10-,15+/m1/s1. The number of rotatable bonds is 0. The third kappa shape index (κ3) is 1.76. The minimum atomic E-state index is 0.141. The van der Waals surface area contributed by atoms with Crippen molar-refractivity contribution in [2.75, 3.05) is 0 Å². The summed E-state index contributed by atoms with van der Waals surface area (Å²) < 4.78 is 6.18. The highest BCUT2D eigenvalue weighted by atomic mass is 35.5. The van der Waals surface area contributed by atoms with Crippen LogP contribution in [0.5, 0.6) is 5.75 Å². The number of benzene rings is 2. The highest BCUT2D eigenvalue weighted by Crippen LogP contribution is 2.48. The van der Waals surface area contributed by atoms with E-state index in [1.54, 1.807) is 6.07 Å². The first-order chi connectivity index (χ1) is 9.22. The van der Waals surface area contributed by atoms with Crippen molar-refractivity contribution in [1.29, 1.82) is 0 Å². The molecule has 0 aromatic heterocycles. The molecule has 2 atom stereocenters. The molecule has 2 aliphatic rings. The van der Waals surface area contributed by atoms with Crippen LogP contribution in [0.25, 0.3) is 0 Å². The van der Waals surface area contributed by atoms with Crippen LogP contribution >= 0.6 is 23.2 Å². The maximum Gasteiger partial charge on any atom is 0.142 e. The first-order valence-corrected chi connectivity index (χ1v) is 7.20. The van der Waals surface area contributed by atoms with Crippen LogP contribution in [0.2, 0.25) is 10.0 Å². The van der Waals surface area contributed by atoms with Crippen LogP contribution in [0.15, 0.2) is 36.4 Å². The third-order valence-electron chi connectivity index (χ3n) is 4.08. The van der Waals surface area contributed by atoms with Crippen molar-refractivity contribution in [1.82, 2.24) is 0 Å². The maximum atomic E-state index is 6.26. The molecule has 19 heavy (non-hydrogen) atoms. The molecular formula is C16H12Cl2O. The number of fused-ring (bicyclic) bond motifs is 4. The van der Waals surface area contributed by atoms with Crippen molar-refractivity contribution in [2.45, 2.75) is 18.9 Å². The Kier molecular flexibility index (Phi) is 2.54. The van der Waals surface area contributed by atoms with Gasteiger partial charge in [-0.3, -0.25) is 0 Å². The van der Waals surface area contributed by atoms with Gasteiger partial charge in [-0.25, -0.2) is 0 Å². The molecular weight excluding hydrogens is 279 g/mol. The second-order valence-corrected chi connectivity index (χ2v) is 6.13. The number of halogens is 2. The van der Waals surface area contributed by atoms with E-state index in [4.69, 9.17) is 27.9 Å². The fourth-order valence-electron chi connectivity index (χ4n) is 3.29. The summed E-state index contributed by atoms with van der Waals surface area (Å²) in [7, 11) is 0. The summed E-state index contributed by atoms with van der Waals surface area (Å²) in [5.74, 6) is 1.31. The van der Waals surface area contributed by atoms with Crippen LogP contribution in [0.1, 0.15) is 22.8 Å². The molecule has 1 heterocycles. The molecule has 0 unspecified atom stereocenters. The molecule has 2 aromatic carbocycles. The average Bonchev–Trinajstić information content (AvgIpc) is 2.74. The lowest BCUT2D eigenvalue weighted by Gasteiger charge is -2.30. The summed E-state index contributed by atoms with van der Waals surface area (Å²) in [6.07, 6.45) is 2.20. The van der Waals surface area contributed by atoms with Gasteiger partial charge in [0.1, 0.15) is 11.9 Å². The predicted molar refractivity (Wildman–Crippen MR) is 77.2 cm³/mol. The van der Waals surface area contributed by atoms with Gasteiger partial charge >= 0.3 is 0 Å². The molecule has 0 fully saturated rings. The molecule has 4 rings (SSSR count). The van der Waals surface area contributed by atoms with Crippen molar-refractivity contribution in [3.8, 4) is 5.75 Å². The lowest BCUT2D eigenvalue weighted by atomic mass is 9.91. The van der Waals surface area contributed by atoms with E-state index in [9.17, 15) is 0 Å². The zero-order valence-electron chi connectivity index (χ0n) is 10.2. The molecule has 0 saturated carbocycles. The lowest BCUT2D eigenvalue weighted by Crippen LogP contribution is -2.22. The molecule has 3 heteroatoms. The normalized spacial score (nSPS) is 23.3. The van der Waals surface area contributed by atoms with Gasteiger partial charge in [0.2, 0.25) is 0 Å². The van der Waals surface area contributed by atoms with E-state index >= 15 is 0 Å². The highest BCUT2D eigenvalue weighted by molar-refractivity contribution is 6.35. The van der Waals surface area contributed by atoms with E-state index in [0.717, 1.165) is 24.2 Å². The van der Waals surface area contributed by atoms with Crippen LogP contribution in [0, 0.1) is 5.92 Å². The molecule has 96 valence electrons. The first kappa shape index (κ1) is 11.6. The van der Waals surface area contributed by atoms with Crippen LogP contribution in [0.3, 0.4) is 0 Å². The van der Waals surface area contributed by atoms with Gasteiger partial charge in [0, 0.05) is 10.9 Å². The van der Waals surface area contributed by atoms with Gasteiger partial charge in [-0.1, -0.05) is 47.5 Å². The number of hydrogen-bond donors (Lipinski definition) is 0. The third-order valence-corrected chi connectivity index (χ3v) is 4.58. The van der Waals surface area contributed by atoms with Gasteiger partial charge < -0.3 is 4.74 Å². The molecule has 0 bridgehead atoms. The van der Waals surface area contributed by atoms with Gasteiger partial charge in [0.15, 0.2) is 0 Å². The number of hydrogen-bond acceptors (Lipinski definition) is 1. The molecule has 2 aromatic rings. The Bertz CT molecular complexity index is 666. The van der Waals surface area contributed by atoms with Crippen LogP contribution in [-0.2, 0) is 12.8 Å². The lowest BCUT2D eigenvalue weighted by molar-refractivity contribution is 0.129. The van der Waals surface area contributed by atoms with Crippen molar-refractivity contribution in [3.63, 3.8) is 0 Å². The zero-order valence-corrected chi connectivity index (χ0v) is 11.7. The van der Waals surface area contributed by atoms with E-state index in [1.165, 1.54) is 11.1 Å². The largest absolute Gasteiger partial charge is 0.484 e. The fraction of sp³-hybridized carbons (Fsp3) is 0.250. The molecule has 0 N–H and O–H groups in total. The zero-order chi connectivity index (χ0) is 13.0. The van der Waals surface area contributed by atoms with Gasteiger partial charge in [0.25, 0.3) is 0 Å². The Labute approximate surface area is 122 Å². The Morgan fingerprint density at radius 1 is 1.00 bits per heavy atom. The SMILES string of the molecule is Clc1cc(Cl)c2c(c1)C[C@H]1Cc3ccccc3[C@H]1O2. The monoisotopic (exact) mass is 290 g/mol. The Morgan fingerprint density at radius 3 is 2.68 bits per heavy atom. The molecule has 1 aliphatic carbocycles. The van der Waals surface area contributed by atoms with E-state index in [2.05, 4.69) is 24.3 Å². The second-order valence-electron chi connectivity index (χ2n) is 5.28. The fourth-order valence-corrected chi connectivity index (χ4v) is 3.87. The van der Waals surface area contributed by atoms with Crippen molar-refractivity contribution >= 4 is 23.2 Å². The summed E-state index contributed by atoms with van der Waals surface area (Å²) >= 11 is 12.3. The molecule has 1 aliphatic heterocycles. The Balaban J connectivity index is 1.80. The van der Waals surface area contributed by atoms with Crippen LogP contribution in [-0.4, -0.2) is 0 Å². The number of ether oxygens (including phenoxy) is 1. The summed E-state index contributed by atoms with van der Waals surface area (Å²) in [4.78, 5) is 0. The van der Waals surface area contributed by atoms with Gasteiger partial charge in [0.05, 0.1) is 5.02 Å². The second kappa shape index (κ2) is 4.16. The van der Waals surface area contributed by atoms with Crippen molar-refractivity contribution in [3.05, 3.63) is 63.1 Å². The van der Waals surface area contributed by atoms with E-state index in [1.807, 2.05) is 6.07 Å². The topological polar surface area (TPSA) is 9.23 Å². The molecule has 0 saturated heterocycles. The van der Waals surface area contributed by atoms with Crippen molar-refractivity contribution < 1.29 is 4.74 Å². The first-order valence-electron chi connectivity index (χ1n) is 6.45. The minimum absolute atomic E-state index is 0.141. The van der Waals surface area contributed by atoms with Gasteiger partial charge in [-0.2, -0.15) is 0 Å². The molecule has 1 nitrogen and oxygen atoms in total. The Hall–Kier alpha value is -1.18. The quantitative estimate of drug-likeness (QED) is 0.674. The molecule has 0 radical (unpaired) electrons. The highest BCUT2D eigenvalue weighted by Gasteiger charge is 2.38. The van der Waals surface area contributed by atoms with E-state index < -0.39 is 0 Å². The van der Waals surface area contributed by atoms with E-state index in [0.29, 0.717) is 16.0 Å². The van der Waals surface area contributed by atoms with Crippen LogP contribution < -0.4 is 4.74 Å². The van der Waals surface area contributed by atoms with Gasteiger partial charge in [-0.15, -0.1) is 0 Å². The predicted octanol–water partition coefficient (Wildman–Crippen LogP) is 4.84. The summed E-state index contributed by atoms with van der Waals surface area (Å²) in [5.41, 5.74) is 3.84. The Morgan fingerprint density at radius 2 is 1.79 bits per heavy atom. The van der Waals surface area contributed by atoms with Gasteiger partial charge in [-0.05, 0) is 41.7 Å². The summed E-state index contributed by atoms with van der Waals surface area (Å²) in [5, 5.41) is 1.30. The van der Waals surface area contributed by atoms with Crippen LogP contribution in [0.4, 0.5) is 0 Å². The van der Waals surface area contributed by atoms with Crippen molar-refractivity contribution in [2.24, 2.45) is 5.92 Å². The molecule has 0 spiro atoms. The minimum Gasteiger partial charge on any atom is -0.484 e.